The molecule has 0 amide bonds. The summed E-state index contributed by atoms with van der Waals surface area (Å²) in [4.78, 5) is 3.52. The predicted molar refractivity (Wildman–Crippen MR) is 42.2 cm³/mol. The van der Waals surface area contributed by atoms with Crippen LogP contribution < -0.4 is 5.73 Å². The number of rotatable bonds is 1. The van der Waals surface area contributed by atoms with Crippen LogP contribution in [0.1, 0.15) is 11.6 Å². The average Bonchev–Trinajstić information content (AvgIpc) is 2.02. The van der Waals surface area contributed by atoms with Crippen molar-refractivity contribution in [3.05, 3.63) is 29.0 Å². The van der Waals surface area contributed by atoms with Gasteiger partial charge in [-0.25, -0.2) is 0 Å². The molecule has 0 radical (unpaired) electrons. The molecule has 0 saturated carbocycles. The number of hydrogen-bond acceptors (Lipinski definition) is 2. The summed E-state index contributed by atoms with van der Waals surface area (Å²) in [5.74, 6) is 0. The molecular formula is C7H6ClF3N2. The van der Waals surface area contributed by atoms with Gasteiger partial charge < -0.3 is 5.73 Å². The summed E-state index contributed by atoms with van der Waals surface area (Å²) in [5.41, 5.74) is 4.71. The molecule has 2 nitrogen and oxygen atoms in total. The summed E-state index contributed by atoms with van der Waals surface area (Å²) in [6, 6.07) is -0.809. The summed E-state index contributed by atoms with van der Waals surface area (Å²) in [5, 5.41) is -0.0279. The van der Waals surface area contributed by atoms with Crippen molar-refractivity contribution >= 4 is 11.6 Å². The Kier molecular flexibility index (Phi) is 2.77. The number of halogens is 4. The Morgan fingerprint density at radius 3 is 2.54 bits per heavy atom. The van der Waals surface area contributed by atoms with Gasteiger partial charge in [0.2, 0.25) is 0 Å². The van der Waals surface area contributed by atoms with Crippen LogP contribution in [0.4, 0.5) is 13.2 Å². The zero-order valence-corrected chi connectivity index (χ0v) is 7.10. The van der Waals surface area contributed by atoms with Gasteiger partial charge in [-0.05, 0) is 6.07 Å². The van der Waals surface area contributed by atoms with Gasteiger partial charge >= 0.3 is 6.18 Å². The van der Waals surface area contributed by atoms with Crippen molar-refractivity contribution in [3.63, 3.8) is 0 Å². The number of nitrogens with zero attached hydrogens (tertiary/aromatic N) is 1. The smallest absolute Gasteiger partial charge is 0.316 e. The molecule has 1 aromatic rings. The second-order valence-electron chi connectivity index (χ2n) is 2.42. The van der Waals surface area contributed by atoms with E-state index in [0.717, 1.165) is 6.20 Å². The van der Waals surface area contributed by atoms with Crippen LogP contribution in [0.3, 0.4) is 0 Å². The average molecular weight is 211 g/mol. The van der Waals surface area contributed by atoms with Gasteiger partial charge in [-0.3, -0.25) is 4.98 Å². The lowest BCUT2D eigenvalue weighted by molar-refractivity contribution is -0.149. The number of alkyl halides is 3. The molecule has 0 aliphatic rings. The van der Waals surface area contributed by atoms with Crippen LogP contribution in [0, 0.1) is 0 Å². The van der Waals surface area contributed by atoms with E-state index < -0.39 is 12.2 Å². The summed E-state index contributed by atoms with van der Waals surface area (Å²) >= 11 is 5.51. The first-order valence-corrected chi connectivity index (χ1v) is 3.72. The molecule has 0 aliphatic heterocycles. The number of pyridine rings is 1. The molecule has 0 fully saturated rings. The number of hydrogen-bond donors (Lipinski definition) is 1. The Balaban J connectivity index is 3.02. The molecule has 0 aliphatic carbocycles. The maximum absolute atomic E-state index is 12.1. The molecule has 1 aromatic heterocycles. The first-order valence-electron chi connectivity index (χ1n) is 3.34. The quantitative estimate of drug-likeness (QED) is 0.773. The normalized spacial score (nSPS) is 14.2. The minimum atomic E-state index is -4.49. The van der Waals surface area contributed by atoms with E-state index in [2.05, 4.69) is 4.98 Å². The van der Waals surface area contributed by atoms with Gasteiger partial charge in [-0.15, -0.1) is 0 Å². The number of aromatic nitrogens is 1. The molecule has 0 spiro atoms. The van der Waals surface area contributed by atoms with Gasteiger partial charge in [0, 0.05) is 23.0 Å². The number of nitrogens with two attached hydrogens (primary N) is 1. The highest BCUT2D eigenvalue weighted by Crippen LogP contribution is 2.33. The van der Waals surface area contributed by atoms with E-state index in [9.17, 15) is 13.2 Å². The van der Waals surface area contributed by atoms with Gasteiger partial charge in [0.25, 0.3) is 0 Å². The molecule has 1 rings (SSSR count). The highest BCUT2D eigenvalue weighted by molar-refractivity contribution is 6.31. The Morgan fingerprint density at radius 1 is 1.46 bits per heavy atom. The molecule has 6 heteroatoms. The summed E-state index contributed by atoms with van der Waals surface area (Å²) in [6.45, 7) is 0. The van der Waals surface area contributed by atoms with Crippen molar-refractivity contribution in [2.45, 2.75) is 12.2 Å². The van der Waals surface area contributed by atoms with E-state index in [-0.39, 0.29) is 10.6 Å². The van der Waals surface area contributed by atoms with E-state index in [0.29, 0.717) is 0 Å². The van der Waals surface area contributed by atoms with E-state index in [4.69, 9.17) is 17.3 Å². The highest BCUT2D eigenvalue weighted by Gasteiger charge is 2.38. The summed E-state index contributed by atoms with van der Waals surface area (Å²) < 4.78 is 36.3. The van der Waals surface area contributed by atoms with Gasteiger partial charge in [-0.1, -0.05) is 11.6 Å². The van der Waals surface area contributed by atoms with E-state index in [1.54, 1.807) is 0 Å². The molecule has 72 valence electrons. The van der Waals surface area contributed by atoms with Crippen LogP contribution in [-0.2, 0) is 0 Å². The third kappa shape index (κ3) is 2.32. The zero-order valence-electron chi connectivity index (χ0n) is 6.35. The minimum absolute atomic E-state index is 0.0279. The van der Waals surface area contributed by atoms with Gasteiger partial charge in [0.05, 0.1) is 0 Å². The van der Waals surface area contributed by atoms with Crippen LogP contribution in [0.2, 0.25) is 5.02 Å². The predicted octanol–water partition coefficient (Wildman–Crippen LogP) is 2.30. The van der Waals surface area contributed by atoms with Gasteiger partial charge in [-0.2, -0.15) is 13.2 Å². The Labute approximate surface area is 77.5 Å². The molecule has 13 heavy (non-hydrogen) atoms. The Bertz CT molecular complexity index is 300. The lowest BCUT2D eigenvalue weighted by atomic mass is 10.1. The molecule has 0 bridgehead atoms. The van der Waals surface area contributed by atoms with E-state index in [1.165, 1.54) is 12.3 Å². The largest absolute Gasteiger partial charge is 0.407 e. The monoisotopic (exact) mass is 210 g/mol. The fraction of sp³-hybridized carbons (Fsp3) is 0.286. The second kappa shape index (κ2) is 3.51. The lowest BCUT2D eigenvalue weighted by Gasteiger charge is -2.16. The Morgan fingerprint density at radius 2 is 2.08 bits per heavy atom. The molecule has 0 unspecified atom stereocenters. The van der Waals surface area contributed by atoms with E-state index >= 15 is 0 Å². The summed E-state index contributed by atoms with van der Waals surface area (Å²) in [7, 11) is 0. The maximum Gasteiger partial charge on any atom is 0.407 e. The molecular weight excluding hydrogens is 205 g/mol. The third-order valence-corrected chi connectivity index (χ3v) is 1.83. The standard InChI is InChI=1S/C7H6ClF3N2/c8-5-1-2-13-3-4(5)6(12)7(9,10)11/h1-3,6H,12H2/t6-/m0/s1. The van der Waals surface area contributed by atoms with Crippen LogP contribution in [0.15, 0.2) is 18.5 Å². The van der Waals surface area contributed by atoms with Crippen molar-refractivity contribution in [3.8, 4) is 0 Å². The third-order valence-electron chi connectivity index (χ3n) is 1.48. The van der Waals surface area contributed by atoms with Crippen molar-refractivity contribution in [1.82, 2.24) is 4.98 Å². The Hall–Kier alpha value is -0.810. The molecule has 0 aromatic carbocycles. The van der Waals surface area contributed by atoms with Crippen LogP contribution in [0.25, 0.3) is 0 Å². The zero-order chi connectivity index (χ0) is 10.1. The second-order valence-corrected chi connectivity index (χ2v) is 2.82. The van der Waals surface area contributed by atoms with Crippen molar-refractivity contribution < 1.29 is 13.2 Å². The minimum Gasteiger partial charge on any atom is -0.316 e. The van der Waals surface area contributed by atoms with Crippen LogP contribution >= 0.6 is 11.6 Å². The molecule has 2 N–H and O–H groups in total. The first-order chi connectivity index (χ1) is 5.93. The first kappa shape index (κ1) is 10.3. The SMILES string of the molecule is N[C@@H](c1cnccc1Cl)C(F)(F)F. The molecule has 0 saturated heterocycles. The summed E-state index contributed by atoms with van der Waals surface area (Å²) in [6.07, 6.45) is -2.18. The van der Waals surface area contributed by atoms with Crippen molar-refractivity contribution in [1.29, 1.82) is 0 Å². The fourth-order valence-electron chi connectivity index (χ4n) is 0.795. The van der Waals surface area contributed by atoms with Crippen molar-refractivity contribution in [2.75, 3.05) is 0 Å². The topological polar surface area (TPSA) is 38.9 Å². The van der Waals surface area contributed by atoms with Gasteiger partial charge in [0.15, 0.2) is 0 Å². The molecule has 1 heterocycles. The molecule has 1 atom stereocenters. The van der Waals surface area contributed by atoms with Gasteiger partial charge in [0.1, 0.15) is 6.04 Å². The van der Waals surface area contributed by atoms with Crippen LogP contribution in [0.5, 0.6) is 0 Å². The highest BCUT2D eigenvalue weighted by atomic mass is 35.5. The fourth-order valence-corrected chi connectivity index (χ4v) is 1.02. The van der Waals surface area contributed by atoms with Crippen molar-refractivity contribution in [2.24, 2.45) is 5.73 Å². The maximum atomic E-state index is 12.1. The van der Waals surface area contributed by atoms with Crippen LogP contribution in [-0.4, -0.2) is 11.2 Å². The van der Waals surface area contributed by atoms with E-state index in [1.807, 2.05) is 0 Å². The lowest BCUT2D eigenvalue weighted by Crippen LogP contribution is -2.28.